The lowest BCUT2D eigenvalue weighted by Gasteiger charge is -2.27. The molecule has 1 aliphatic heterocycles. The molecule has 1 aromatic rings. The summed E-state index contributed by atoms with van der Waals surface area (Å²) in [6, 6.07) is 9.15. The third kappa shape index (κ3) is 4.15. The number of ether oxygens (including phenoxy) is 1. The van der Waals surface area contributed by atoms with E-state index < -0.39 is 6.09 Å². The zero-order chi connectivity index (χ0) is 17.7. The van der Waals surface area contributed by atoms with Gasteiger partial charge in [-0.05, 0) is 30.2 Å². The molecule has 4 atom stereocenters. The van der Waals surface area contributed by atoms with Crippen molar-refractivity contribution in [2.45, 2.75) is 39.7 Å². The van der Waals surface area contributed by atoms with Crippen molar-refractivity contribution in [3.8, 4) is 0 Å². The first-order valence-corrected chi connectivity index (χ1v) is 8.61. The Bertz CT molecular complexity index is 560. The van der Waals surface area contributed by atoms with E-state index in [-0.39, 0.29) is 37.0 Å². The summed E-state index contributed by atoms with van der Waals surface area (Å²) in [5, 5.41) is 9.03. The monoisotopic (exact) mass is 333 g/mol. The standard InChI is InChI=1S/C19H27NO4/c1-13(9-10-21)11-14(2)15(3)18(22)20-17(12-24-19(20)23)16-7-5-4-6-8-16/h4-8,13-15,17,21H,9-12H2,1-3H3/t13-,14+,15+,17-/m1/s1. The Hall–Kier alpha value is -1.88. The maximum absolute atomic E-state index is 12.9. The molecule has 1 saturated heterocycles. The second-order valence-corrected chi connectivity index (χ2v) is 6.83. The number of aliphatic hydroxyl groups excluding tert-OH is 1. The van der Waals surface area contributed by atoms with Crippen LogP contribution in [0, 0.1) is 17.8 Å². The van der Waals surface area contributed by atoms with Gasteiger partial charge in [-0.1, -0.05) is 51.1 Å². The number of cyclic esters (lactones) is 1. The van der Waals surface area contributed by atoms with Crippen molar-refractivity contribution in [1.29, 1.82) is 0 Å². The first kappa shape index (κ1) is 18.5. The van der Waals surface area contributed by atoms with Crippen LogP contribution in [0.3, 0.4) is 0 Å². The summed E-state index contributed by atoms with van der Waals surface area (Å²) in [4.78, 5) is 26.3. The molecule has 24 heavy (non-hydrogen) atoms. The van der Waals surface area contributed by atoms with Gasteiger partial charge >= 0.3 is 6.09 Å². The molecule has 0 bridgehead atoms. The predicted molar refractivity (Wildman–Crippen MR) is 91.2 cm³/mol. The number of rotatable bonds is 7. The van der Waals surface area contributed by atoms with Crippen LogP contribution in [0.25, 0.3) is 0 Å². The summed E-state index contributed by atoms with van der Waals surface area (Å²) in [5.74, 6) is 0.0117. The van der Waals surface area contributed by atoms with Crippen LogP contribution in [0.5, 0.6) is 0 Å². The van der Waals surface area contributed by atoms with E-state index in [2.05, 4.69) is 6.92 Å². The summed E-state index contributed by atoms with van der Waals surface area (Å²) in [7, 11) is 0. The minimum absolute atomic E-state index is 0.129. The van der Waals surface area contributed by atoms with Crippen molar-refractivity contribution in [3.05, 3.63) is 35.9 Å². The maximum atomic E-state index is 12.9. The van der Waals surface area contributed by atoms with Crippen LogP contribution in [-0.2, 0) is 9.53 Å². The topological polar surface area (TPSA) is 66.8 Å². The number of nitrogens with zero attached hydrogens (tertiary/aromatic N) is 1. The molecule has 0 spiro atoms. The first-order chi connectivity index (χ1) is 11.5. The van der Waals surface area contributed by atoms with E-state index in [1.807, 2.05) is 44.2 Å². The average Bonchev–Trinajstić information content (AvgIpc) is 2.96. The van der Waals surface area contributed by atoms with Crippen LogP contribution in [-0.4, -0.2) is 35.2 Å². The van der Waals surface area contributed by atoms with Crippen LogP contribution >= 0.6 is 0 Å². The molecule has 0 aliphatic carbocycles. The number of aliphatic hydroxyl groups is 1. The molecule has 1 N–H and O–H groups in total. The maximum Gasteiger partial charge on any atom is 0.417 e. The molecule has 5 nitrogen and oxygen atoms in total. The number of amides is 2. The fourth-order valence-electron chi connectivity index (χ4n) is 3.23. The Morgan fingerprint density at radius 3 is 2.58 bits per heavy atom. The van der Waals surface area contributed by atoms with Crippen molar-refractivity contribution in [1.82, 2.24) is 4.90 Å². The molecule has 1 aliphatic rings. The lowest BCUT2D eigenvalue weighted by atomic mass is 9.85. The van der Waals surface area contributed by atoms with Gasteiger partial charge in [0.2, 0.25) is 5.91 Å². The van der Waals surface area contributed by atoms with Gasteiger partial charge in [0.1, 0.15) is 12.6 Å². The molecule has 5 heteroatoms. The quantitative estimate of drug-likeness (QED) is 0.830. The largest absolute Gasteiger partial charge is 0.446 e. The lowest BCUT2D eigenvalue weighted by molar-refractivity contribution is -0.134. The van der Waals surface area contributed by atoms with Gasteiger partial charge in [-0.25, -0.2) is 9.69 Å². The number of carbonyl (C=O) groups excluding carboxylic acids is 2. The van der Waals surface area contributed by atoms with Crippen LogP contribution in [0.1, 0.15) is 45.2 Å². The van der Waals surface area contributed by atoms with Gasteiger partial charge in [0.05, 0.1) is 0 Å². The molecule has 2 rings (SSSR count). The van der Waals surface area contributed by atoms with Crippen LogP contribution in [0.4, 0.5) is 4.79 Å². The minimum atomic E-state index is -0.559. The number of imide groups is 1. The highest BCUT2D eigenvalue weighted by Gasteiger charge is 2.41. The smallest absolute Gasteiger partial charge is 0.417 e. The fourth-order valence-corrected chi connectivity index (χ4v) is 3.23. The Kier molecular flexibility index (Phi) is 6.37. The second kappa shape index (κ2) is 8.29. The fraction of sp³-hybridized carbons (Fsp3) is 0.579. The second-order valence-electron chi connectivity index (χ2n) is 6.83. The molecule has 1 fully saturated rings. The molecule has 0 aromatic heterocycles. The molecular formula is C19H27NO4. The van der Waals surface area contributed by atoms with Gasteiger partial charge in [-0.2, -0.15) is 0 Å². The van der Waals surface area contributed by atoms with Gasteiger partial charge in [-0.3, -0.25) is 4.79 Å². The number of hydrogen-bond acceptors (Lipinski definition) is 4. The SMILES string of the molecule is C[C@H](CCO)C[C@H](C)[C@H](C)C(=O)N1C(=O)OC[C@@H]1c1ccccc1. The number of carbonyl (C=O) groups is 2. The van der Waals surface area contributed by atoms with E-state index in [1.165, 1.54) is 4.90 Å². The highest BCUT2D eigenvalue weighted by atomic mass is 16.6. The van der Waals surface area contributed by atoms with Gasteiger partial charge in [0, 0.05) is 12.5 Å². The first-order valence-electron chi connectivity index (χ1n) is 8.61. The van der Waals surface area contributed by atoms with E-state index in [0.29, 0.717) is 5.92 Å². The highest BCUT2D eigenvalue weighted by molar-refractivity contribution is 5.94. The summed E-state index contributed by atoms with van der Waals surface area (Å²) >= 11 is 0. The van der Waals surface area contributed by atoms with Gasteiger partial charge in [0.15, 0.2) is 0 Å². The van der Waals surface area contributed by atoms with Crippen LogP contribution < -0.4 is 0 Å². The number of hydrogen-bond donors (Lipinski definition) is 1. The summed E-state index contributed by atoms with van der Waals surface area (Å²) in [5.41, 5.74) is 0.908. The van der Waals surface area contributed by atoms with Crippen molar-refractivity contribution in [2.75, 3.05) is 13.2 Å². The molecular weight excluding hydrogens is 306 g/mol. The highest BCUT2D eigenvalue weighted by Crippen LogP contribution is 2.32. The van der Waals surface area contributed by atoms with E-state index in [1.54, 1.807) is 0 Å². The zero-order valence-electron chi connectivity index (χ0n) is 14.6. The predicted octanol–water partition coefficient (Wildman–Crippen LogP) is 3.39. The van der Waals surface area contributed by atoms with Crippen molar-refractivity contribution < 1.29 is 19.4 Å². The van der Waals surface area contributed by atoms with Gasteiger partial charge in [-0.15, -0.1) is 0 Å². The summed E-state index contributed by atoms with van der Waals surface area (Å²) in [6.07, 6.45) is 1.01. The Labute approximate surface area is 143 Å². The van der Waals surface area contributed by atoms with Gasteiger partial charge in [0.25, 0.3) is 0 Å². The van der Waals surface area contributed by atoms with E-state index in [9.17, 15) is 9.59 Å². The average molecular weight is 333 g/mol. The van der Waals surface area contributed by atoms with Crippen molar-refractivity contribution in [2.24, 2.45) is 17.8 Å². The Morgan fingerprint density at radius 2 is 1.96 bits per heavy atom. The molecule has 0 radical (unpaired) electrons. The van der Waals surface area contributed by atoms with Gasteiger partial charge < -0.3 is 9.84 Å². The van der Waals surface area contributed by atoms with Crippen molar-refractivity contribution >= 4 is 12.0 Å². The Balaban J connectivity index is 2.09. The third-order valence-electron chi connectivity index (χ3n) is 4.93. The normalized spacial score (nSPS) is 21.2. The molecule has 0 saturated carbocycles. The van der Waals surface area contributed by atoms with Crippen molar-refractivity contribution in [3.63, 3.8) is 0 Å². The molecule has 2 amide bonds. The molecule has 1 heterocycles. The van der Waals surface area contributed by atoms with E-state index in [4.69, 9.17) is 9.84 Å². The van der Waals surface area contributed by atoms with E-state index >= 15 is 0 Å². The van der Waals surface area contributed by atoms with Crippen LogP contribution in [0.15, 0.2) is 30.3 Å². The molecule has 1 aromatic carbocycles. The Morgan fingerprint density at radius 1 is 1.29 bits per heavy atom. The summed E-state index contributed by atoms with van der Waals surface area (Å²) in [6.45, 7) is 6.32. The van der Waals surface area contributed by atoms with Crippen LogP contribution in [0.2, 0.25) is 0 Å². The number of benzene rings is 1. The molecule has 0 unspecified atom stereocenters. The third-order valence-corrected chi connectivity index (χ3v) is 4.93. The zero-order valence-corrected chi connectivity index (χ0v) is 14.6. The molecule has 132 valence electrons. The lowest BCUT2D eigenvalue weighted by Crippen LogP contribution is -2.40. The summed E-state index contributed by atoms with van der Waals surface area (Å²) < 4.78 is 5.14. The minimum Gasteiger partial charge on any atom is -0.446 e. The van der Waals surface area contributed by atoms with E-state index in [0.717, 1.165) is 18.4 Å².